The summed E-state index contributed by atoms with van der Waals surface area (Å²) in [6, 6.07) is 6.50. The molecule has 1 aromatic carbocycles. The Morgan fingerprint density at radius 3 is 2.71 bits per heavy atom. The van der Waals surface area contributed by atoms with Crippen LogP contribution in [0.2, 0.25) is 0 Å². The summed E-state index contributed by atoms with van der Waals surface area (Å²) in [5, 5.41) is 7.98. The predicted molar refractivity (Wildman–Crippen MR) is 98.6 cm³/mol. The fourth-order valence-corrected chi connectivity index (χ4v) is 4.00. The fourth-order valence-electron chi connectivity index (χ4n) is 4.00. The SMILES string of the molecule is Cc1ccnc(N2CC3CN(C(=O)c4cccc(F)c4-n4nccn4)CC32)n1. The zero-order valence-corrected chi connectivity index (χ0v) is 15.2. The molecule has 9 heteroatoms. The van der Waals surface area contributed by atoms with E-state index in [0.717, 1.165) is 17.0 Å². The highest BCUT2D eigenvalue weighted by molar-refractivity contribution is 5.98. The molecule has 5 rings (SSSR count). The molecule has 142 valence electrons. The van der Waals surface area contributed by atoms with E-state index in [1.165, 1.54) is 24.5 Å². The van der Waals surface area contributed by atoms with Gasteiger partial charge in [-0.1, -0.05) is 6.07 Å². The van der Waals surface area contributed by atoms with Crippen molar-refractivity contribution in [1.82, 2.24) is 29.9 Å². The fraction of sp³-hybridized carbons (Fsp3) is 0.316. The Kier molecular flexibility index (Phi) is 3.81. The molecule has 1 amide bonds. The van der Waals surface area contributed by atoms with Crippen molar-refractivity contribution in [2.45, 2.75) is 13.0 Å². The van der Waals surface area contributed by atoms with E-state index in [4.69, 9.17) is 0 Å². The van der Waals surface area contributed by atoms with Crippen LogP contribution in [-0.4, -0.2) is 61.4 Å². The number of aromatic nitrogens is 5. The maximum atomic E-state index is 14.5. The predicted octanol–water partition coefficient (Wildman–Crippen LogP) is 1.47. The van der Waals surface area contributed by atoms with E-state index in [0.29, 0.717) is 25.0 Å². The Morgan fingerprint density at radius 1 is 1.11 bits per heavy atom. The summed E-state index contributed by atoms with van der Waals surface area (Å²) in [5.41, 5.74) is 1.25. The molecule has 0 N–H and O–H groups in total. The number of nitrogens with zero attached hydrogens (tertiary/aromatic N) is 7. The monoisotopic (exact) mass is 379 g/mol. The Labute approximate surface area is 160 Å². The first-order valence-electron chi connectivity index (χ1n) is 9.12. The molecular formula is C19H18FN7O. The van der Waals surface area contributed by atoms with Gasteiger partial charge in [0.25, 0.3) is 5.91 Å². The van der Waals surface area contributed by atoms with E-state index in [1.54, 1.807) is 17.2 Å². The smallest absolute Gasteiger partial charge is 0.256 e. The second kappa shape index (κ2) is 6.36. The molecule has 0 bridgehead atoms. The van der Waals surface area contributed by atoms with Crippen LogP contribution in [0.15, 0.2) is 42.9 Å². The first kappa shape index (κ1) is 16.8. The maximum Gasteiger partial charge on any atom is 0.256 e. The molecule has 0 aliphatic carbocycles. The van der Waals surface area contributed by atoms with Crippen LogP contribution < -0.4 is 4.90 Å². The summed E-state index contributed by atoms with van der Waals surface area (Å²) >= 11 is 0. The minimum atomic E-state index is -0.529. The number of carbonyl (C=O) groups excluding carboxylic acids is 1. The molecule has 0 radical (unpaired) electrons. The van der Waals surface area contributed by atoms with Crippen molar-refractivity contribution in [2.75, 3.05) is 24.5 Å². The number of fused-ring (bicyclic) bond motifs is 1. The highest BCUT2D eigenvalue weighted by atomic mass is 19.1. The number of hydrogen-bond donors (Lipinski definition) is 0. The average Bonchev–Trinajstić information content (AvgIpc) is 3.30. The first-order valence-corrected chi connectivity index (χ1v) is 9.12. The summed E-state index contributed by atoms with van der Waals surface area (Å²) in [6.07, 6.45) is 4.66. The highest BCUT2D eigenvalue weighted by Crippen LogP contribution is 2.35. The van der Waals surface area contributed by atoms with Crippen molar-refractivity contribution in [1.29, 1.82) is 0 Å². The standard InChI is InChI=1S/C19H18FN7O/c1-12-5-6-21-19(24-12)26-10-13-9-25(11-16(13)26)18(28)14-3-2-4-15(20)17(14)27-22-7-8-23-27/h2-8,13,16H,9-11H2,1H3. The van der Waals surface area contributed by atoms with Gasteiger partial charge in [-0.15, -0.1) is 4.80 Å². The third kappa shape index (κ3) is 2.62. The number of para-hydroxylation sites is 1. The largest absolute Gasteiger partial charge is 0.336 e. The van der Waals surface area contributed by atoms with Gasteiger partial charge in [0, 0.05) is 37.4 Å². The molecule has 0 spiro atoms. The summed E-state index contributed by atoms with van der Waals surface area (Å²) in [4.78, 5) is 27.1. The molecule has 8 nitrogen and oxygen atoms in total. The van der Waals surface area contributed by atoms with Crippen LogP contribution in [0.5, 0.6) is 0 Å². The number of hydrogen-bond acceptors (Lipinski definition) is 6. The van der Waals surface area contributed by atoms with Crippen LogP contribution in [0, 0.1) is 18.7 Å². The van der Waals surface area contributed by atoms with Crippen molar-refractivity contribution in [3.05, 3.63) is 59.9 Å². The summed E-state index contributed by atoms with van der Waals surface area (Å²) in [5.74, 6) is 0.320. The van der Waals surface area contributed by atoms with Crippen LogP contribution in [0.25, 0.3) is 5.69 Å². The van der Waals surface area contributed by atoms with E-state index in [-0.39, 0.29) is 23.2 Å². The normalized spacial score (nSPS) is 20.8. The lowest BCUT2D eigenvalue weighted by atomic mass is 9.93. The number of amides is 1. The molecule has 3 aromatic rings. The number of rotatable bonds is 3. The van der Waals surface area contributed by atoms with Gasteiger partial charge < -0.3 is 9.80 Å². The molecule has 2 atom stereocenters. The van der Waals surface area contributed by atoms with Gasteiger partial charge in [0.2, 0.25) is 5.95 Å². The number of likely N-dealkylation sites (tertiary alicyclic amines) is 1. The van der Waals surface area contributed by atoms with Gasteiger partial charge in [-0.05, 0) is 25.1 Å². The van der Waals surface area contributed by atoms with E-state index < -0.39 is 5.82 Å². The lowest BCUT2D eigenvalue weighted by molar-refractivity contribution is 0.0788. The van der Waals surface area contributed by atoms with Gasteiger partial charge in [-0.3, -0.25) is 4.79 Å². The molecule has 2 unspecified atom stereocenters. The Bertz CT molecular complexity index is 1040. The Morgan fingerprint density at radius 2 is 1.93 bits per heavy atom. The molecule has 4 heterocycles. The van der Waals surface area contributed by atoms with Crippen LogP contribution in [-0.2, 0) is 0 Å². The number of halogens is 1. The van der Waals surface area contributed by atoms with Crippen molar-refractivity contribution in [2.24, 2.45) is 5.92 Å². The van der Waals surface area contributed by atoms with Crippen molar-refractivity contribution in [3.8, 4) is 5.69 Å². The Hall–Kier alpha value is -3.36. The van der Waals surface area contributed by atoms with Crippen molar-refractivity contribution in [3.63, 3.8) is 0 Å². The summed E-state index contributed by atoms with van der Waals surface area (Å²) in [7, 11) is 0. The second-order valence-electron chi connectivity index (χ2n) is 7.14. The third-order valence-electron chi connectivity index (χ3n) is 5.40. The molecular weight excluding hydrogens is 361 g/mol. The number of benzene rings is 1. The lowest BCUT2D eigenvalue weighted by Crippen LogP contribution is -2.56. The number of aryl methyl sites for hydroxylation is 1. The molecule has 2 saturated heterocycles. The molecule has 2 aliphatic rings. The van der Waals surface area contributed by atoms with Crippen molar-refractivity contribution < 1.29 is 9.18 Å². The van der Waals surface area contributed by atoms with E-state index in [1.807, 2.05) is 13.0 Å². The van der Waals surface area contributed by atoms with Crippen LogP contribution >= 0.6 is 0 Å². The second-order valence-corrected chi connectivity index (χ2v) is 7.14. The minimum Gasteiger partial charge on any atom is -0.336 e. The summed E-state index contributed by atoms with van der Waals surface area (Å²) < 4.78 is 14.5. The molecule has 2 aliphatic heterocycles. The maximum absolute atomic E-state index is 14.5. The van der Waals surface area contributed by atoms with Gasteiger partial charge in [0.15, 0.2) is 5.82 Å². The summed E-state index contributed by atoms with van der Waals surface area (Å²) in [6.45, 7) is 3.94. The van der Waals surface area contributed by atoms with Gasteiger partial charge in [-0.25, -0.2) is 14.4 Å². The van der Waals surface area contributed by atoms with E-state index in [9.17, 15) is 9.18 Å². The topological polar surface area (TPSA) is 80.0 Å². The van der Waals surface area contributed by atoms with Crippen LogP contribution in [0.1, 0.15) is 16.1 Å². The average molecular weight is 379 g/mol. The van der Waals surface area contributed by atoms with Gasteiger partial charge in [-0.2, -0.15) is 10.2 Å². The van der Waals surface area contributed by atoms with Crippen LogP contribution in [0.4, 0.5) is 10.3 Å². The van der Waals surface area contributed by atoms with E-state index >= 15 is 0 Å². The highest BCUT2D eigenvalue weighted by Gasteiger charge is 2.48. The number of carbonyl (C=O) groups is 1. The van der Waals surface area contributed by atoms with Gasteiger partial charge in [0.1, 0.15) is 5.69 Å². The molecule has 2 fully saturated rings. The van der Waals surface area contributed by atoms with Crippen LogP contribution in [0.3, 0.4) is 0 Å². The number of anilines is 1. The zero-order valence-electron chi connectivity index (χ0n) is 15.2. The lowest BCUT2D eigenvalue weighted by Gasteiger charge is -2.43. The molecule has 2 aromatic heterocycles. The van der Waals surface area contributed by atoms with Crippen molar-refractivity contribution >= 4 is 11.9 Å². The molecule has 28 heavy (non-hydrogen) atoms. The minimum absolute atomic E-state index is 0.0793. The van der Waals surface area contributed by atoms with E-state index in [2.05, 4.69) is 25.1 Å². The van der Waals surface area contributed by atoms with Gasteiger partial charge in [0.05, 0.1) is 24.0 Å². The third-order valence-corrected chi connectivity index (χ3v) is 5.40. The first-order chi connectivity index (χ1) is 13.6. The molecule has 0 saturated carbocycles. The quantitative estimate of drug-likeness (QED) is 0.686. The zero-order chi connectivity index (χ0) is 19.3. The van der Waals surface area contributed by atoms with Gasteiger partial charge >= 0.3 is 0 Å². The Balaban J connectivity index is 1.39.